The van der Waals surface area contributed by atoms with Crippen molar-refractivity contribution < 1.29 is 22.7 Å². The molecule has 0 saturated carbocycles. The maximum atomic E-state index is 12.0. The Morgan fingerprint density at radius 2 is 1.95 bits per heavy atom. The number of Topliss-reactive ketones (excluding diaryl/α,β-unsaturated/α-hetero) is 1. The minimum absolute atomic E-state index is 0.0732. The fourth-order valence-electron chi connectivity index (χ4n) is 1.41. The summed E-state index contributed by atoms with van der Waals surface area (Å²) in [5.74, 6) is -0.927. The summed E-state index contributed by atoms with van der Waals surface area (Å²) < 4.78 is 30.6. The van der Waals surface area contributed by atoms with Crippen LogP contribution in [0.15, 0.2) is 29.2 Å². The van der Waals surface area contributed by atoms with Crippen LogP contribution in [0, 0.1) is 0 Å². The van der Waals surface area contributed by atoms with Crippen molar-refractivity contribution in [1.82, 2.24) is 4.72 Å². The molecule has 1 rings (SSSR count). The number of benzene rings is 1. The highest BCUT2D eigenvalue weighted by molar-refractivity contribution is 7.89. The molecule has 0 saturated heterocycles. The number of ketones is 1. The third kappa shape index (κ3) is 3.87. The Kier molecular flexibility index (Phi) is 4.79. The summed E-state index contributed by atoms with van der Waals surface area (Å²) in [5.41, 5.74) is 0.286. The zero-order valence-corrected chi connectivity index (χ0v) is 11.7. The molecule has 104 valence electrons. The minimum Gasteiger partial charge on any atom is -0.468 e. The van der Waals surface area contributed by atoms with Crippen LogP contribution in [0.25, 0.3) is 0 Å². The van der Waals surface area contributed by atoms with Gasteiger partial charge in [0.05, 0.1) is 12.0 Å². The molecule has 0 bridgehead atoms. The first kappa shape index (κ1) is 15.3. The van der Waals surface area contributed by atoms with E-state index in [4.69, 9.17) is 0 Å². The van der Waals surface area contributed by atoms with E-state index in [0.717, 1.165) is 0 Å². The zero-order valence-electron chi connectivity index (χ0n) is 10.8. The minimum atomic E-state index is -3.87. The monoisotopic (exact) mass is 285 g/mol. The van der Waals surface area contributed by atoms with E-state index in [1.54, 1.807) is 0 Å². The largest absolute Gasteiger partial charge is 0.468 e. The number of sulfonamides is 1. The summed E-state index contributed by atoms with van der Waals surface area (Å²) in [6.07, 6.45) is 0. The third-order valence-electron chi connectivity index (χ3n) is 2.44. The van der Waals surface area contributed by atoms with E-state index in [-0.39, 0.29) is 16.2 Å². The summed E-state index contributed by atoms with van der Waals surface area (Å²) in [6, 6.07) is 4.59. The number of carbonyl (C=O) groups is 2. The molecule has 1 atom stereocenters. The van der Waals surface area contributed by atoms with Gasteiger partial charge in [0.15, 0.2) is 5.78 Å². The van der Waals surface area contributed by atoms with Crippen molar-refractivity contribution in [3.63, 3.8) is 0 Å². The van der Waals surface area contributed by atoms with Crippen LogP contribution in [0.2, 0.25) is 0 Å². The molecule has 1 aromatic rings. The number of esters is 1. The van der Waals surface area contributed by atoms with Crippen molar-refractivity contribution in [3.8, 4) is 0 Å². The van der Waals surface area contributed by atoms with Gasteiger partial charge in [0.1, 0.15) is 6.04 Å². The van der Waals surface area contributed by atoms with Crippen LogP contribution in [0.4, 0.5) is 0 Å². The van der Waals surface area contributed by atoms with E-state index in [1.165, 1.54) is 45.2 Å². The second-order valence-electron chi connectivity index (χ2n) is 3.95. The average molecular weight is 285 g/mol. The molecular formula is C12H15NO5S. The van der Waals surface area contributed by atoms with Gasteiger partial charge in [-0.15, -0.1) is 0 Å². The van der Waals surface area contributed by atoms with Crippen molar-refractivity contribution >= 4 is 21.8 Å². The Morgan fingerprint density at radius 1 is 1.32 bits per heavy atom. The topological polar surface area (TPSA) is 89.5 Å². The molecule has 0 spiro atoms. The van der Waals surface area contributed by atoms with Gasteiger partial charge in [-0.3, -0.25) is 9.59 Å². The Bertz CT molecular complexity index is 594. The molecule has 6 nitrogen and oxygen atoms in total. The molecule has 0 aromatic heterocycles. The molecule has 0 aliphatic carbocycles. The van der Waals surface area contributed by atoms with Gasteiger partial charge in [-0.05, 0) is 26.0 Å². The average Bonchev–Trinajstić information content (AvgIpc) is 2.37. The first-order chi connectivity index (χ1) is 8.77. The lowest BCUT2D eigenvalue weighted by molar-refractivity contribution is -0.142. The van der Waals surface area contributed by atoms with Gasteiger partial charge in [-0.25, -0.2) is 8.42 Å². The molecule has 0 aliphatic heterocycles. The fraction of sp³-hybridized carbons (Fsp3) is 0.333. The van der Waals surface area contributed by atoms with Crippen molar-refractivity contribution in [3.05, 3.63) is 29.8 Å². The Hall–Kier alpha value is -1.73. The zero-order chi connectivity index (χ0) is 14.6. The highest BCUT2D eigenvalue weighted by atomic mass is 32.2. The molecule has 7 heteroatoms. The van der Waals surface area contributed by atoms with Gasteiger partial charge in [-0.1, -0.05) is 12.1 Å². The van der Waals surface area contributed by atoms with E-state index in [1.807, 2.05) is 0 Å². The van der Waals surface area contributed by atoms with Gasteiger partial charge >= 0.3 is 5.97 Å². The lowest BCUT2D eigenvalue weighted by Crippen LogP contribution is -2.39. The third-order valence-corrected chi connectivity index (χ3v) is 3.98. The van der Waals surface area contributed by atoms with Crippen LogP contribution in [-0.4, -0.2) is 33.3 Å². The second-order valence-corrected chi connectivity index (χ2v) is 5.66. The SMILES string of the molecule is COC(=O)C(C)NS(=O)(=O)c1cccc(C(C)=O)c1. The number of hydrogen-bond donors (Lipinski definition) is 1. The van der Waals surface area contributed by atoms with Crippen LogP contribution < -0.4 is 4.72 Å². The summed E-state index contributed by atoms with van der Waals surface area (Å²) in [4.78, 5) is 22.3. The lowest BCUT2D eigenvalue weighted by Gasteiger charge is -2.12. The molecule has 0 heterocycles. The molecule has 19 heavy (non-hydrogen) atoms. The molecule has 1 N–H and O–H groups in total. The Morgan fingerprint density at radius 3 is 2.47 bits per heavy atom. The maximum absolute atomic E-state index is 12.0. The number of carbonyl (C=O) groups excluding carboxylic acids is 2. The molecule has 0 fully saturated rings. The fourth-order valence-corrected chi connectivity index (χ4v) is 2.65. The smallest absolute Gasteiger partial charge is 0.323 e. The molecular weight excluding hydrogens is 270 g/mol. The highest BCUT2D eigenvalue weighted by Gasteiger charge is 2.22. The molecule has 0 aliphatic rings. The van der Waals surface area contributed by atoms with Gasteiger partial charge in [0.2, 0.25) is 10.0 Å². The van der Waals surface area contributed by atoms with Gasteiger partial charge in [0.25, 0.3) is 0 Å². The number of nitrogens with one attached hydrogen (secondary N) is 1. The molecule has 0 amide bonds. The normalized spacial score (nSPS) is 12.8. The summed E-state index contributed by atoms with van der Waals surface area (Å²) >= 11 is 0. The predicted molar refractivity (Wildman–Crippen MR) is 68.2 cm³/mol. The summed E-state index contributed by atoms with van der Waals surface area (Å²) in [6.45, 7) is 2.72. The summed E-state index contributed by atoms with van der Waals surface area (Å²) in [7, 11) is -2.70. The van der Waals surface area contributed by atoms with E-state index in [2.05, 4.69) is 9.46 Å². The van der Waals surface area contributed by atoms with Crippen LogP contribution in [0.5, 0.6) is 0 Å². The number of ether oxygens (including phenoxy) is 1. The summed E-state index contributed by atoms with van der Waals surface area (Å²) in [5, 5.41) is 0. The first-order valence-electron chi connectivity index (χ1n) is 5.49. The van der Waals surface area contributed by atoms with Crippen molar-refractivity contribution in [2.24, 2.45) is 0 Å². The lowest BCUT2D eigenvalue weighted by atomic mass is 10.2. The Balaban J connectivity index is 3.04. The number of hydrogen-bond acceptors (Lipinski definition) is 5. The van der Waals surface area contributed by atoms with E-state index < -0.39 is 22.0 Å². The van der Waals surface area contributed by atoms with E-state index >= 15 is 0 Å². The Labute approximate surface area is 111 Å². The second kappa shape index (κ2) is 5.94. The molecule has 1 unspecified atom stereocenters. The molecule has 1 aromatic carbocycles. The van der Waals surface area contributed by atoms with Gasteiger partial charge in [-0.2, -0.15) is 4.72 Å². The molecule has 0 radical (unpaired) electrons. The van der Waals surface area contributed by atoms with Crippen LogP contribution in [0.3, 0.4) is 0 Å². The van der Waals surface area contributed by atoms with Crippen LogP contribution in [0.1, 0.15) is 24.2 Å². The number of rotatable bonds is 5. The van der Waals surface area contributed by atoms with Crippen molar-refractivity contribution in [2.75, 3.05) is 7.11 Å². The van der Waals surface area contributed by atoms with Crippen molar-refractivity contribution in [1.29, 1.82) is 0 Å². The van der Waals surface area contributed by atoms with Crippen molar-refractivity contribution in [2.45, 2.75) is 24.8 Å². The van der Waals surface area contributed by atoms with Gasteiger partial charge < -0.3 is 4.74 Å². The maximum Gasteiger partial charge on any atom is 0.323 e. The van der Waals surface area contributed by atoms with Crippen LogP contribution in [-0.2, 0) is 19.6 Å². The van der Waals surface area contributed by atoms with E-state index in [0.29, 0.717) is 0 Å². The quantitative estimate of drug-likeness (QED) is 0.636. The van der Waals surface area contributed by atoms with E-state index in [9.17, 15) is 18.0 Å². The number of methoxy groups -OCH3 is 1. The van der Waals surface area contributed by atoms with Crippen LogP contribution >= 0.6 is 0 Å². The standard InChI is InChI=1S/C12H15NO5S/c1-8(12(15)18-3)13-19(16,17)11-6-4-5-10(7-11)9(2)14/h4-8,13H,1-3H3. The predicted octanol–water partition coefficient (Wildman–Crippen LogP) is 0.729. The first-order valence-corrected chi connectivity index (χ1v) is 6.97. The highest BCUT2D eigenvalue weighted by Crippen LogP contribution is 2.12. The van der Waals surface area contributed by atoms with Gasteiger partial charge in [0, 0.05) is 5.56 Å².